The Bertz CT molecular complexity index is 342. The minimum Gasteiger partial charge on any atom is -0.370 e. The highest BCUT2D eigenvalue weighted by Gasteiger charge is 2.24. The average Bonchev–Trinajstić information content (AvgIpc) is 2.32. The predicted octanol–water partition coefficient (Wildman–Crippen LogP) is 1.09. The molecule has 1 fully saturated rings. The Labute approximate surface area is 137 Å². The minimum atomic E-state index is -0.0895. The number of guanidine groups is 1. The molecule has 1 heterocycles. The van der Waals surface area contributed by atoms with Gasteiger partial charge in [0.05, 0.1) is 0 Å². The molecule has 0 atom stereocenters. The predicted molar refractivity (Wildman–Crippen MR) is 89.9 cm³/mol. The second-order valence-electron chi connectivity index (χ2n) is 5.17. The van der Waals surface area contributed by atoms with Crippen LogP contribution in [0.15, 0.2) is 4.99 Å². The van der Waals surface area contributed by atoms with Gasteiger partial charge in [0.15, 0.2) is 5.96 Å². The van der Waals surface area contributed by atoms with Crippen molar-refractivity contribution in [3.63, 3.8) is 0 Å². The molecule has 1 aliphatic heterocycles. The number of halogens is 1. The number of nitrogens with two attached hydrogens (primary N) is 1. The first-order valence-electron chi connectivity index (χ1n) is 6.87. The van der Waals surface area contributed by atoms with Crippen molar-refractivity contribution in [2.24, 2.45) is 16.6 Å². The topological polar surface area (TPSA) is 87.8 Å². The maximum atomic E-state index is 11.5. The van der Waals surface area contributed by atoms with Gasteiger partial charge in [-0.05, 0) is 18.8 Å². The number of aliphatic imine (C=N–C) groups is 1. The molecule has 1 rings (SSSR count). The molecule has 0 unspecified atom stereocenters. The molecule has 6 nitrogen and oxygen atoms in total. The van der Waals surface area contributed by atoms with Crippen LogP contribution in [-0.2, 0) is 9.59 Å². The van der Waals surface area contributed by atoms with Crippen molar-refractivity contribution in [3.8, 4) is 0 Å². The molecule has 0 saturated carbocycles. The molecule has 0 aromatic heterocycles. The molecular formula is C13H25IN4O2. The van der Waals surface area contributed by atoms with Crippen LogP contribution in [0.2, 0.25) is 0 Å². The monoisotopic (exact) mass is 396 g/mol. The second kappa shape index (κ2) is 9.95. The lowest BCUT2D eigenvalue weighted by atomic mass is 10.1. The minimum absolute atomic E-state index is 0. The summed E-state index contributed by atoms with van der Waals surface area (Å²) in [6.07, 6.45) is 2.58. The molecule has 1 aliphatic rings. The maximum absolute atomic E-state index is 11.5. The lowest BCUT2D eigenvalue weighted by Gasteiger charge is -2.24. The fraction of sp³-hybridized carbons (Fsp3) is 0.769. The average molecular weight is 396 g/mol. The van der Waals surface area contributed by atoms with Gasteiger partial charge >= 0.3 is 0 Å². The summed E-state index contributed by atoms with van der Waals surface area (Å²) in [5, 5.41) is 2.93. The largest absolute Gasteiger partial charge is 0.370 e. The maximum Gasteiger partial charge on any atom is 0.229 e. The van der Waals surface area contributed by atoms with Gasteiger partial charge in [0.1, 0.15) is 0 Å². The van der Waals surface area contributed by atoms with Gasteiger partial charge in [-0.15, -0.1) is 24.0 Å². The van der Waals surface area contributed by atoms with Crippen LogP contribution in [0.25, 0.3) is 0 Å². The van der Waals surface area contributed by atoms with Gasteiger partial charge < -0.3 is 11.1 Å². The van der Waals surface area contributed by atoms with Crippen molar-refractivity contribution in [1.29, 1.82) is 0 Å². The van der Waals surface area contributed by atoms with Crippen molar-refractivity contribution in [2.75, 3.05) is 19.6 Å². The summed E-state index contributed by atoms with van der Waals surface area (Å²) in [5.74, 6) is 0.791. The third-order valence-electron chi connectivity index (χ3n) is 3.01. The standard InChI is InChI=1S/C13H24N4O2.HI/c1-10(2)6-7-15-13(14)16-8-9-17-11(18)4-3-5-12(17)19;/h10H,3-9H2,1-2H3,(H3,14,15,16);1H. The van der Waals surface area contributed by atoms with E-state index in [2.05, 4.69) is 24.2 Å². The number of carbonyl (C=O) groups is 2. The van der Waals surface area contributed by atoms with Gasteiger partial charge in [-0.25, -0.2) is 0 Å². The van der Waals surface area contributed by atoms with Crippen molar-refractivity contribution in [3.05, 3.63) is 0 Å². The number of hydrogen-bond donors (Lipinski definition) is 2. The number of hydrogen-bond acceptors (Lipinski definition) is 3. The lowest BCUT2D eigenvalue weighted by Crippen LogP contribution is -2.45. The van der Waals surface area contributed by atoms with Crippen molar-refractivity contribution < 1.29 is 9.59 Å². The molecule has 0 aromatic carbocycles. The Hall–Kier alpha value is -0.860. The van der Waals surface area contributed by atoms with E-state index < -0.39 is 0 Å². The Morgan fingerprint density at radius 3 is 2.50 bits per heavy atom. The van der Waals surface area contributed by atoms with Crippen LogP contribution in [0.5, 0.6) is 0 Å². The van der Waals surface area contributed by atoms with Crippen molar-refractivity contribution in [1.82, 2.24) is 10.2 Å². The highest BCUT2D eigenvalue weighted by Crippen LogP contribution is 2.11. The molecular weight excluding hydrogens is 371 g/mol. The summed E-state index contributed by atoms with van der Waals surface area (Å²) >= 11 is 0. The number of carbonyl (C=O) groups excluding carboxylic acids is 2. The molecule has 0 spiro atoms. The zero-order chi connectivity index (χ0) is 14.3. The Morgan fingerprint density at radius 2 is 1.95 bits per heavy atom. The number of imide groups is 1. The van der Waals surface area contributed by atoms with E-state index in [0.717, 1.165) is 6.42 Å². The first-order valence-corrected chi connectivity index (χ1v) is 6.87. The van der Waals surface area contributed by atoms with Crippen LogP contribution in [0, 0.1) is 5.92 Å². The third kappa shape index (κ3) is 7.06. The molecule has 0 aliphatic carbocycles. The van der Waals surface area contributed by atoms with Gasteiger partial charge in [0.25, 0.3) is 0 Å². The van der Waals surface area contributed by atoms with Crippen LogP contribution in [0.4, 0.5) is 0 Å². The fourth-order valence-corrected chi connectivity index (χ4v) is 1.84. The molecule has 0 aromatic rings. The van der Waals surface area contributed by atoms with Crippen LogP contribution in [-0.4, -0.2) is 42.3 Å². The summed E-state index contributed by atoms with van der Waals surface area (Å²) in [7, 11) is 0. The summed E-state index contributed by atoms with van der Waals surface area (Å²) in [4.78, 5) is 28.6. The smallest absolute Gasteiger partial charge is 0.229 e. The van der Waals surface area contributed by atoms with E-state index in [4.69, 9.17) is 5.73 Å². The number of nitrogens with zero attached hydrogens (tertiary/aromatic N) is 2. The van der Waals surface area contributed by atoms with Gasteiger partial charge in [-0.2, -0.15) is 0 Å². The van der Waals surface area contributed by atoms with Crippen LogP contribution in [0.3, 0.4) is 0 Å². The van der Waals surface area contributed by atoms with E-state index >= 15 is 0 Å². The van der Waals surface area contributed by atoms with Gasteiger partial charge in [-0.1, -0.05) is 13.8 Å². The third-order valence-corrected chi connectivity index (χ3v) is 3.01. The molecule has 116 valence electrons. The highest BCUT2D eigenvalue weighted by molar-refractivity contribution is 14.0. The van der Waals surface area contributed by atoms with E-state index in [1.165, 1.54) is 4.90 Å². The normalized spacial score (nSPS) is 16.4. The second-order valence-corrected chi connectivity index (χ2v) is 5.17. The number of rotatable bonds is 6. The Morgan fingerprint density at radius 1 is 1.35 bits per heavy atom. The lowest BCUT2D eigenvalue weighted by molar-refractivity contribution is -0.147. The van der Waals surface area contributed by atoms with E-state index in [9.17, 15) is 9.59 Å². The molecule has 7 heteroatoms. The Kier molecular flexibility index (Phi) is 9.52. The Balaban J connectivity index is 0.00000361. The molecule has 20 heavy (non-hydrogen) atoms. The van der Waals surface area contributed by atoms with Crippen LogP contribution in [0.1, 0.15) is 39.5 Å². The highest BCUT2D eigenvalue weighted by atomic mass is 127. The van der Waals surface area contributed by atoms with E-state index in [1.54, 1.807) is 0 Å². The van der Waals surface area contributed by atoms with Crippen molar-refractivity contribution >= 4 is 41.8 Å². The first kappa shape index (κ1) is 19.1. The molecule has 3 N–H and O–H groups in total. The van der Waals surface area contributed by atoms with Crippen LogP contribution >= 0.6 is 24.0 Å². The van der Waals surface area contributed by atoms with Crippen molar-refractivity contribution in [2.45, 2.75) is 39.5 Å². The molecule has 0 bridgehead atoms. The number of piperidine rings is 1. The zero-order valence-corrected chi connectivity index (χ0v) is 14.6. The summed E-state index contributed by atoms with van der Waals surface area (Å²) in [6, 6.07) is 0. The summed E-state index contributed by atoms with van der Waals surface area (Å²) in [5.41, 5.74) is 5.70. The van der Waals surface area contributed by atoms with Gasteiger partial charge in [0.2, 0.25) is 11.8 Å². The summed E-state index contributed by atoms with van der Waals surface area (Å²) < 4.78 is 0. The van der Waals surface area contributed by atoms with E-state index in [0.29, 0.717) is 50.8 Å². The molecule has 0 radical (unpaired) electrons. The number of amides is 2. The zero-order valence-electron chi connectivity index (χ0n) is 12.2. The molecule has 1 saturated heterocycles. The quantitative estimate of drug-likeness (QED) is 0.305. The van der Waals surface area contributed by atoms with Gasteiger partial charge in [-0.3, -0.25) is 19.5 Å². The number of nitrogens with one attached hydrogen (secondary N) is 1. The van der Waals surface area contributed by atoms with Gasteiger partial charge in [0, 0.05) is 32.5 Å². The summed E-state index contributed by atoms with van der Waals surface area (Å²) in [6.45, 7) is 5.77. The van der Waals surface area contributed by atoms with E-state index in [-0.39, 0.29) is 35.8 Å². The number of likely N-dealkylation sites (tertiary alicyclic amines) is 1. The SMILES string of the molecule is CC(C)CCN=C(N)NCCN1C(=O)CCCC1=O.I. The van der Waals surface area contributed by atoms with E-state index in [1.807, 2.05) is 0 Å². The first-order chi connectivity index (χ1) is 9.00. The van der Waals surface area contributed by atoms with Crippen LogP contribution < -0.4 is 11.1 Å². The molecule has 2 amide bonds. The fourth-order valence-electron chi connectivity index (χ4n) is 1.84.